The smallest absolute Gasteiger partial charge is 0.222 e. The average Bonchev–Trinajstić information content (AvgIpc) is 2.38. The molecular formula is C16H26N2O2. The number of hydrogen-bond donors (Lipinski definition) is 2. The number of carbonyl (C=O) groups excluding carboxylic acids is 1. The van der Waals surface area contributed by atoms with Gasteiger partial charge in [0.25, 0.3) is 0 Å². The monoisotopic (exact) mass is 278 g/mol. The van der Waals surface area contributed by atoms with Crippen LogP contribution in [0.15, 0.2) is 18.2 Å². The second kappa shape index (κ2) is 7.29. The summed E-state index contributed by atoms with van der Waals surface area (Å²) in [4.78, 5) is 12.0. The highest BCUT2D eigenvalue weighted by atomic mass is 16.5. The number of hydrogen-bond acceptors (Lipinski definition) is 3. The minimum Gasteiger partial charge on any atom is -0.496 e. The van der Waals surface area contributed by atoms with E-state index in [0.717, 1.165) is 16.9 Å². The lowest BCUT2D eigenvalue weighted by Crippen LogP contribution is -2.36. The SMILES string of the molecule is COc1ccc(C)cc1C(C)NC(=O)CC(N)C(C)C. The lowest BCUT2D eigenvalue weighted by Gasteiger charge is -2.20. The number of aryl methyl sites for hydroxylation is 1. The molecule has 0 aliphatic carbocycles. The zero-order valence-electron chi connectivity index (χ0n) is 13.1. The van der Waals surface area contributed by atoms with Crippen molar-refractivity contribution in [2.75, 3.05) is 7.11 Å². The molecule has 0 saturated carbocycles. The van der Waals surface area contributed by atoms with E-state index < -0.39 is 0 Å². The van der Waals surface area contributed by atoms with Crippen molar-refractivity contribution in [1.29, 1.82) is 0 Å². The van der Waals surface area contributed by atoms with Crippen LogP contribution in [-0.4, -0.2) is 19.1 Å². The molecule has 0 saturated heterocycles. The van der Waals surface area contributed by atoms with Gasteiger partial charge in [0.15, 0.2) is 0 Å². The molecule has 1 amide bonds. The molecule has 112 valence electrons. The van der Waals surface area contributed by atoms with E-state index in [-0.39, 0.29) is 18.0 Å². The van der Waals surface area contributed by atoms with E-state index in [2.05, 4.69) is 5.32 Å². The molecule has 4 heteroatoms. The third kappa shape index (κ3) is 4.53. The van der Waals surface area contributed by atoms with Crippen LogP contribution in [0.25, 0.3) is 0 Å². The number of carbonyl (C=O) groups is 1. The second-order valence-corrected chi connectivity index (χ2v) is 5.65. The fourth-order valence-electron chi connectivity index (χ4n) is 2.02. The highest BCUT2D eigenvalue weighted by Gasteiger charge is 2.17. The summed E-state index contributed by atoms with van der Waals surface area (Å²) in [5.74, 6) is 1.06. The van der Waals surface area contributed by atoms with Crippen LogP contribution < -0.4 is 15.8 Å². The molecule has 2 atom stereocenters. The first-order chi connectivity index (χ1) is 9.35. The third-order valence-corrected chi connectivity index (χ3v) is 3.51. The van der Waals surface area contributed by atoms with E-state index in [1.807, 2.05) is 45.9 Å². The fraction of sp³-hybridized carbons (Fsp3) is 0.562. The van der Waals surface area contributed by atoms with Crippen LogP contribution >= 0.6 is 0 Å². The van der Waals surface area contributed by atoms with Gasteiger partial charge < -0.3 is 15.8 Å². The molecule has 20 heavy (non-hydrogen) atoms. The molecule has 0 fully saturated rings. The Bertz CT molecular complexity index is 458. The van der Waals surface area contributed by atoms with Crippen LogP contribution in [0.3, 0.4) is 0 Å². The van der Waals surface area contributed by atoms with Crippen LogP contribution in [0.2, 0.25) is 0 Å². The standard InChI is InChI=1S/C16H26N2O2/c1-10(2)14(17)9-16(19)18-12(4)13-8-11(3)6-7-15(13)20-5/h6-8,10,12,14H,9,17H2,1-5H3,(H,18,19). The Hall–Kier alpha value is -1.55. The first-order valence-corrected chi connectivity index (χ1v) is 7.04. The largest absolute Gasteiger partial charge is 0.496 e. The maximum Gasteiger partial charge on any atom is 0.222 e. The normalized spacial score (nSPS) is 13.9. The number of amides is 1. The topological polar surface area (TPSA) is 64.3 Å². The minimum atomic E-state index is -0.110. The molecule has 2 unspecified atom stereocenters. The van der Waals surface area contributed by atoms with Gasteiger partial charge in [-0.05, 0) is 25.8 Å². The number of nitrogens with one attached hydrogen (secondary N) is 1. The number of rotatable bonds is 6. The van der Waals surface area contributed by atoms with Gasteiger partial charge in [0.1, 0.15) is 5.75 Å². The van der Waals surface area contributed by atoms with Crippen molar-refractivity contribution >= 4 is 5.91 Å². The molecule has 0 heterocycles. The average molecular weight is 278 g/mol. The summed E-state index contributed by atoms with van der Waals surface area (Å²) in [5, 5.41) is 2.98. The van der Waals surface area contributed by atoms with E-state index in [0.29, 0.717) is 12.3 Å². The van der Waals surface area contributed by atoms with Gasteiger partial charge in [-0.1, -0.05) is 31.5 Å². The van der Waals surface area contributed by atoms with Crippen LogP contribution in [0.1, 0.15) is 44.4 Å². The first kappa shape index (κ1) is 16.5. The lowest BCUT2D eigenvalue weighted by atomic mass is 10.0. The Morgan fingerprint density at radius 2 is 2.00 bits per heavy atom. The van der Waals surface area contributed by atoms with Crippen LogP contribution in [0.4, 0.5) is 0 Å². The molecule has 0 spiro atoms. The molecule has 1 rings (SSSR count). The molecular weight excluding hydrogens is 252 g/mol. The van der Waals surface area contributed by atoms with Gasteiger partial charge in [-0.25, -0.2) is 0 Å². The van der Waals surface area contributed by atoms with Crippen molar-refractivity contribution in [2.45, 2.75) is 46.2 Å². The summed E-state index contributed by atoms with van der Waals surface area (Å²) in [6.45, 7) is 8.01. The summed E-state index contributed by atoms with van der Waals surface area (Å²) in [6.07, 6.45) is 0.343. The zero-order valence-corrected chi connectivity index (χ0v) is 13.1. The number of nitrogens with two attached hydrogens (primary N) is 1. The molecule has 4 nitrogen and oxygen atoms in total. The van der Waals surface area contributed by atoms with E-state index in [1.165, 1.54) is 0 Å². The van der Waals surface area contributed by atoms with Gasteiger partial charge in [0.2, 0.25) is 5.91 Å². The van der Waals surface area contributed by atoms with E-state index in [4.69, 9.17) is 10.5 Å². The Morgan fingerprint density at radius 1 is 1.35 bits per heavy atom. The summed E-state index contributed by atoms with van der Waals surface area (Å²) in [5.41, 5.74) is 8.05. The van der Waals surface area contributed by atoms with E-state index >= 15 is 0 Å². The van der Waals surface area contributed by atoms with Crippen molar-refractivity contribution in [2.24, 2.45) is 11.7 Å². The predicted molar refractivity (Wildman–Crippen MR) is 81.7 cm³/mol. The van der Waals surface area contributed by atoms with Gasteiger partial charge in [0.05, 0.1) is 13.2 Å². The summed E-state index contributed by atoms with van der Waals surface area (Å²) >= 11 is 0. The van der Waals surface area contributed by atoms with Crippen LogP contribution in [0, 0.1) is 12.8 Å². The minimum absolute atomic E-state index is 0.0257. The number of methoxy groups -OCH3 is 1. The molecule has 0 radical (unpaired) electrons. The zero-order chi connectivity index (χ0) is 15.3. The summed E-state index contributed by atoms with van der Waals surface area (Å²) in [7, 11) is 1.64. The number of benzene rings is 1. The fourth-order valence-corrected chi connectivity index (χ4v) is 2.02. The quantitative estimate of drug-likeness (QED) is 0.840. The maximum absolute atomic E-state index is 12.0. The van der Waals surface area contributed by atoms with Crippen molar-refractivity contribution < 1.29 is 9.53 Å². The second-order valence-electron chi connectivity index (χ2n) is 5.65. The van der Waals surface area contributed by atoms with E-state index in [1.54, 1.807) is 7.11 Å². The summed E-state index contributed by atoms with van der Waals surface area (Å²) in [6, 6.07) is 5.74. The molecule has 0 bridgehead atoms. The van der Waals surface area contributed by atoms with Crippen LogP contribution in [-0.2, 0) is 4.79 Å². The molecule has 3 N–H and O–H groups in total. The van der Waals surface area contributed by atoms with Gasteiger partial charge in [-0.15, -0.1) is 0 Å². The molecule has 1 aromatic rings. The third-order valence-electron chi connectivity index (χ3n) is 3.51. The summed E-state index contributed by atoms with van der Waals surface area (Å²) < 4.78 is 5.35. The van der Waals surface area contributed by atoms with Crippen molar-refractivity contribution in [3.63, 3.8) is 0 Å². The molecule has 0 aliphatic heterocycles. The van der Waals surface area contributed by atoms with Crippen molar-refractivity contribution in [3.8, 4) is 5.75 Å². The Balaban J connectivity index is 2.73. The van der Waals surface area contributed by atoms with Gasteiger partial charge in [-0.3, -0.25) is 4.79 Å². The first-order valence-electron chi connectivity index (χ1n) is 7.04. The molecule has 0 aliphatic rings. The van der Waals surface area contributed by atoms with Crippen molar-refractivity contribution in [1.82, 2.24) is 5.32 Å². The van der Waals surface area contributed by atoms with E-state index in [9.17, 15) is 4.79 Å². The van der Waals surface area contributed by atoms with Gasteiger partial charge in [-0.2, -0.15) is 0 Å². The highest BCUT2D eigenvalue weighted by Crippen LogP contribution is 2.26. The Labute approximate surface area is 121 Å². The van der Waals surface area contributed by atoms with Crippen molar-refractivity contribution in [3.05, 3.63) is 29.3 Å². The maximum atomic E-state index is 12.0. The van der Waals surface area contributed by atoms with Gasteiger partial charge in [0, 0.05) is 18.0 Å². The number of ether oxygens (including phenoxy) is 1. The highest BCUT2D eigenvalue weighted by molar-refractivity contribution is 5.77. The predicted octanol–water partition coefficient (Wildman–Crippen LogP) is 2.55. The van der Waals surface area contributed by atoms with Crippen LogP contribution in [0.5, 0.6) is 5.75 Å². The van der Waals surface area contributed by atoms with Gasteiger partial charge >= 0.3 is 0 Å². The molecule has 0 aromatic heterocycles. The Morgan fingerprint density at radius 3 is 2.55 bits per heavy atom. The lowest BCUT2D eigenvalue weighted by molar-refractivity contribution is -0.122. The molecule has 1 aromatic carbocycles. The Kier molecular flexibility index (Phi) is 6.02.